The number of halogens is 2. The Labute approximate surface area is 153 Å². The largest absolute Gasteiger partial charge is 0.371 e. The van der Waals surface area contributed by atoms with E-state index in [1.165, 1.54) is 0 Å². The third-order valence-electron chi connectivity index (χ3n) is 4.92. The van der Waals surface area contributed by atoms with E-state index in [1.807, 2.05) is 66.4 Å². The molecule has 1 N–H and O–H groups in total. The summed E-state index contributed by atoms with van der Waals surface area (Å²) >= 11 is 0. The number of rotatable bonds is 5. The Hall–Kier alpha value is -2.43. The minimum Gasteiger partial charge on any atom is -0.371 e. The van der Waals surface area contributed by atoms with Crippen LogP contribution >= 0.6 is 0 Å². The highest BCUT2D eigenvalue weighted by Crippen LogP contribution is 2.31. The number of benzene rings is 2. The highest BCUT2D eigenvalue weighted by Gasteiger charge is 2.34. The first-order chi connectivity index (χ1) is 12.5. The Morgan fingerprint density at radius 2 is 1.69 bits per heavy atom. The van der Waals surface area contributed by atoms with Gasteiger partial charge >= 0.3 is 0 Å². The number of alkyl halides is 2. The molecule has 5 heteroatoms. The minimum absolute atomic E-state index is 0.0379. The molecule has 0 unspecified atom stereocenters. The fourth-order valence-electron chi connectivity index (χ4n) is 3.33. The first kappa shape index (κ1) is 18.4. The van der Waals surface area contributed by atoms with Crippen molar-refractivity contribution in [2.75, 3.05) is 23.3 Å². The van der Waals surface area contributed by atoms with E-state index < -0.39 is 5.92 Å². The lowest BCUT2D eigenvalue weighted by atomic mass is 9.95. The minimum atomic E-state index is -2.54. The van der Waals surface area contributed by atoms with Crippen molar-refractivity contribution in [3.63, 3.8) is 0 Å². The SMILES string of the molecule is CC[C@H](C(=O)Nc1ccc(N2CCC(F)(F)CC2)cc1)c1ccccc1. The molecule has 1 amide bonds. The third-order valence-corrected chi connectivity index (χ3v) is 4.92. The summed E-state index contributed by atoms with van der Waals surface area (Å²) in [5.74, 6) is -2.78. The van der Waals surface area contributed by atoms with Crippen LogP contribution in [0.25, 0.3) is 0 Å². The molecule has 3 nitrogen and oxygen atoms in total. The number of amides is 1. The molecule has 26 heavy (non-hydrogen) atoms. The lowest BCUT2D eigenvalue weighted by Crippen LogP contribution is -2.39. The zero-order valence-electron chi connectivity index (χ0n) is 14.9. The number of hydrogen-bond donors (Lipinski definition) is 1. The number of carbonyl (C=O) groups excluding carboxylic acids is 1. The van der Waals surface area contributed by atoms with Gasteiger partial charge in [0, 0.05) is 37.3 Å². The van der Waals surface area contributed by atoms with Crippen LogP contribution in [0.15, 0.2) is 54.6 Å². The molecule has 1 aliphatic heterocycles. The van der Waals surface area contributed by atoms with Gasteiger partial charge in [-0.3, -0.25) is 4.79 Å². The zero-order chi connectivity index (χ0) is 18.6. The van der Waals surface area contributed by atoms with Crippen molar-refractivity contribution >= 4 is 17.3 Å². The van der Waals surface area contributed by atoms with E-state index in [0.717, 1.165) is 23.4 Å². The number of piperidine rings is 1. The second-order valence-corrected chi connectivity index (χ2v) is 6.75. The number of hydrogen-bond acceptors (Lipinski definition) is 2. The van der Waals surface area contributed by atoms with E-state index in [2.05, 4.69) is 5.32 Å². The number of nitrogens with one attached hydrogen (secondary N) is 1. The van der Waals surface area contributed by atoms with Crippen molar-refractivity contribution in [2.45, 2.75) is 38.0 Å². The van der Waals surface area contributed by atoms with E-state index in [-0.39, 0.29) is 24.7 Å². The molecule has 0 bridgehead atoms. The smallest absolute Gasteiger partial charge is 0.251 e. The van der Waals surface area contributed by atoms with Gasteiger partial charge in [0.2, 0.25) is 5.91 Å². The molecule has 2 aromatic carbocycles. The average Bonchev–Trinajstić information content (AvgIpc) is 2.64. The molecular weight excluding hydrogens is 334 g/mol. The van der Waals surface area contributed by atoms with Gasteiger partial charge in [0.25, 0.3) is 5.92 Å². The third kappa shape index (κ3) is 4.40. The lowest BCUT2D eigenvalue weighted by molar-refractivity contribution is -0.117. The average molecular weight is 358 g/mol. The van der Waals surface area contributed by atoms with Gasteiger partial charge in [-0.15, -0.1) is 0 Å². The molecule has 1 saturated heterocycles. The lowest BCUT2D eigenvalue weighted by Gasteiger charge is -2.33. The van der Waals surface area contributed by atoms with Crippen LogP contribution in [0, 0.1) is 0 Å². The Morgan fingerprint density at radius 3 is 2.27 bits per heavy atom. The summed E-state index contributed by atoms with van der Waals surface area (Å²) in [4.78, 5) is 14.6. The number of anilines is 2. The molecule has 2 aromatic rings. The Morgan fingerprint density at radius 1 is 1.08 bits per heavy atom. The van der Waals surface area contributed by atoms with Crippen molar-refractivity contribution in [1.82, 2.24) is 0 Å². The Kier molecular flexibility index (Phi) is 5.55. The molecule has 0 aliphatic carbocycles. The second kappa shape index (κ2) is 7.85. The Balaban J connectivity index is 1.63. The van der Waals surface area contributed by atoms with Crippen LogP contribution in [0.2, 0.25) is 0 Å². The molecule has 0 spiro atoms. The normalized spacial score (nSPS) is 17.6. The van der Waals surface area contributed by atoms with Crippen molar-refractivity contribution in [1.29, 1.82) is 0 Å². The van der Waals surface area contributed by atoms with Crippen molar-refractivity contribution < 1.29 is 13.6 Å². The summed E-state index contributed by atoms with van der Waals surface area (Å²) in [5, 5.41) is 2.96. The van der Waals surface area contributed by atoms with E-state index in [9.17, 15) is 13.6 Å². The van der Waals surface area contributed by atoms with E-state index in [0.29, 0.717) is 13.1 Å². The van der Waals surface area contributed by atoms with Crippen molar-refractivity contribution in [2.24, 2.45) is 0 Å². The van der Waals surface area contributed by atoms with Gasteiger partial charge in [0.05, 0.1) is 5.92 Å². The fraction of sp³-hybridized carbons (Fsp3) is 0.381. The monoisotopic (exact) mass is 358 g/mol. The summed E-state index contributed by atoms with van der Waals surface area (Å²) in [5.41, 5.74) is 2.63. The number of nitrogens with zero attached hydrogens (tertiary/aromatic N) is 1. The van der Waals surface area contributed by atoms with Gasteiger partial charge in [-0.2, -0.15) is 0 Å². The molecule has 1 fully saturated rings. The van der Waals surface area contributed by atoms with Gasteiger partial charge in [0.15, 0.2) is 0 Å². The van der Waals surface area contributed by atoms with Crippen LogP contribution in [-0.4, -0.2) is 24.9 Å². The van der Waals surface area contributed by atoms with E-state index in [4.69, 9.17) is 0 Å². The van der Waals surface area contributed by atoms with Gasteiger partial charge in [-0.25, -0.2) is 8.78 Å². The van der Waals surface area contributed by atoms with Gasteiger partial charge in [-0.05, 0) is 36.2 Å². The van der Waals surface area contributed by atoms with Crippen LogP contribution in [0.3, 0.4) is 0 Å². The van der Waals surface area contributed by atoms with Crippen LogP contribution < -0.4 is 10.2 Å². The van der Waals surface area contributed by atoms with Crippen LogP contribution in [-0.2, 0) is 4.79 Å². The van der Waals surface area contributed by atoms with Gasteiger partial charge in [-0.1, -0.05) is 37.3 Å². The molecule has 1 heterocycles. The molecule has 1 atom stereocenters. The van der Waals surface area contributed by atoms with Crippen molar-refractivity contribution in [3.05, 3.63) is 60.2 Å². The summed E-state index contributed by atoms with van der Waals surface area (Å²) in [6, 6.07) is 17.1. The molecule has 0 aromatic heterocycles. The summed E-state index contributed by atoms with van der Waals surface area (Å²) in [6.07, 6.45) is 0.497. The van der Waals surface area contributed by atoms with Crippen LogP contribution in [0.1, 0.15) is 37.7 Å². The zero-order valence-corrected chi connectivity index (χ0v) is 14.9. The van der Waals surface area contributed by atoms with Crippen LogP contribution in [0.4, 0.5) is 20.2 Å². The predicted octanol–water partition coefficient (Wildman–Crippen LogP) is 5.05. The second-order valence-electron chi connectivity index (χ2n) is 6.75. The summed E-state index contributed by atoms with van der Waals surface area (Å²) in [6.45, 7) is 2.70. The van der Waals surface area contributed by atoms with Crippen LogP contribution in [0.5, 0.6) is 0 Å². The van der Waals surface area contributed by atoms with Crippen molar-refractivity contribution in [3.8, 4) is 0 Å². The highest BCUT2D eigenvalue weighted by atomic mass is 19.3. The van der Waals surface area contributed by atoms with E-state index >= 15 is 0 Å². The van der Waals surface area contributed by atoms with Gasteiger partial charge in [0.1, 0.15) is 0 Å². The Bertz CT molecular complexity index is 721. The first-order valence-electron chi connectivity index (χ1n) is 9.07. The first-order valence-corrected chi connectivity index (χ1v) is 9.07. The fourth-order valence-corrected chi connectivity index (χ4v) is 3.33. The maximum atomic E-state index is 13.3. The van der Waals surface area contributed by atoms with E-state index in [1.54, 1.807) is 0 Å². The summed E-state index contributed by atoms with van der Waals surface area (Å²) < 4.78 is 26.6. The van der Waals surface area contributed by atoms with Gasteiger partial charge < -0.3 is 10.2 Å². The topological polar surface area (TPSA) is 32.3 Å². The maximum Gasteiger partial charge on any atom is 0.251 e. The standard InChI is InChI=1S/C21H24F2N2O/c1-2-19(16-6-4-3-5-7-16)20(26)24-17-8-10-18(11-9-17)25-14-12-21(22,23)13-15-25/h3-11,19H,2,12-15H2,1H3,(H,24,26)/t19-/m0/s1. The molecule has 1 aliphatic rings. The quantitative estimate of drug-likeness (QED) is 0.811. The predicted molar refractivity (Wildman–Crippen MR) is 101 cm³/mol. The molecule has 3 rings (SSSR count). The molecular formula is C21H24F2N2O. The molecule has 0 saturated carbocycles. The maximum absolute atomic E-state index is 13.3. The number of carbonyl (C=O) groups is 1. The summed E-state index contributed by atoms with van der Waals surface area (Å²) in [7, 11) is 0. The molecule has 0 radical (unpaired) electrons. The molecule has 138 valence electrons. The highest BCUT2D eigenvalue weighted by molar-refractivity contribution is 5.95.